The molecule has 2 amide bonds. The van der Waals surface area contributed by atoms with Crippen molar-refractivity contribution in [3.8, 4) is 5.75 Å². The number of carbonyl (C=O) groups excluding carboxylic acids is 2. The van der Waals surface area contributed by atoms with Crippen molar-refractivity contribution in [2.24, 2.45) is 5.73 Å². The number of primary amides is 1. The minimum absolute atomic E-state index is 0.0947. The highest BCUT2D eigenvalue weighted by molar-refractivity contribution is 7.99. The summed E-state index contributed by atoms with van der Waals surface area (Å²) in [7, 11) is 0. The number of ether oxygens (including phenoxy) is 1. The average molecular weight is 344 g/mol. The largest absolute Gasteiger partial charge is 0.492 e. The van der Waals surface area contributed by atoms with Crippen LogP contribution in [-0.2, 0) is 4.79 Å². The zero-order valence-corrected chi connectivity index (χ0v) is 14.3. The molecule has 0 unspecified atom stereocenters. The number of nitrogens with two attached hydrogens (primary N) is 1. The van der Waals surface area contributed by atoms with E-state index in [2.05, 4.69) is 5.32 Å². The van der Waals surface area contributed by atoms with Crippen molar-refractivity contribution in [1.82, 2.24) is 0 Å². The number of aryl methyl sites for hydroxylation is 1. The second-order valence-corrected chi connectivity index (χ2v) is 6.26. The fourth-order valence-electron chi connectivity index (χ4n) is 2.01. The third-order valence-corrected chi connectivity index (χ3v) is 4.19. The van der Waals surface area contributed by atoms with Crippen LogP contribution in [0.3, 0.4) is 0 Å². The van der Waals surface area contributed by atoms with Crippen LogP contribution in [0.4, 0.5) is 5.69 Å². The van der Waals surface area contributed by atoms with Crippen LogP contribution in [-0.4, -0.2) is 29.9 Å². The summed E-state index contributed by atoms with van der Waals surface area (Å²) >= 11 is 1.50. The molecule has 0 saturated heterocycles. The highest BCUT2D eigenvalue weighted by atomic mass is 32.2. The van der Waals surface area contributed by atoms with Crippen LogP contribution in [0, 0.1) is 6.92 Å². The molecule has 0 atom stereocenters. The van der Waals surface area contributed by atoms with Gasteiger partial charge >= 0.3 is 0 Å². The van der Waals surface area contributed by atoms with E-state index in [1.165, 1.54) is 11.8 Å². The Bertz CT molecular complexity index is 702. The molecule has 0 aliphatic heterocycles. The SMILES string of the molecule is Cc1ccccc1OCCSCC(=O)Nc1ccc(C(N)=O)cc1. The van der Waals surface area contributed by atoms with Gasteiger partial charge in [0.25, 0.3) is 0 Å². The Morgan fingerprint density at radius 3 is 2.50 bits per heavy atom. The van der Waals surface area contributed by atoms with Crippen LogP contribution < -0.4 is 15.8 Å². The van der Waals surface area contributed by atoms with Gasteiger partial charge in [0.2, 0.25) is 11.8 Å². The van der Waals surface area contributed by atoms with Crippen LogP contribution in [0.5, 0.6) is 5.75 Å². The Balaban J connectivity index is 1.66. The van der Waals surface area contributed by atoms with Crippen molar-refractivity contribution in [2.75, 3.05) is 23.4 Å². The molecule has 2 aromatic rings. The van der Waals surface area contributed by atoms with Gasteiger partial charge in [0.1, 0.15) is 5.75 Å². The molecule has 0 aliphatic carbocycles. The topological polar surface area (TPSA) is 81.4 Å². The van der Waals surface area contributed by atoms with Crippen molar-refractivity contribution >= 4 is 29.3 Å². The average Bonchev–Trinajstić information content (AvgIpc) is 2.56. The molecule has 0 radical (unpaired) electrons. The lowest BCUT2D eigenvalue weighted by Gasteiger charge is -2.09. The lowest BCUT2D eigenvalue weighted by atomic mass is 10.2. The molecule has 0 spiro atoms. The summed E-state index contributed by atoms with van der Waals surface area (Å²) < 4.78 is 5.68. The molecule has 5 nitrogen and oxygen atoms in total. The molecule has 3 N–H and O–H groups in total. The van der Waals surface area contributed by atoms with E-state index in [1.807, 2.05) is 31.2 Å². The monoisotopic (exact) mass is 344 g/mol. The first-order valence-corrected chi connectivity index (χ1v) is 8.67. The van der Waals surface area contributed by atoms with E-state index in [0.717, 1.165) is 17.1 Å². The van der Waals surface area contributed by atoms with Gasteiger partial charge in [-0.1, -0.05) is 18.2 Å². The summed E-state index contributed by atoms with van der Waals surface area (Å²) in [5, 5.41) is 2.77. The number of thioether (sulfide) groups is 1. The molecule has 2 rings (SSSR count). The summed E-state index contributed by atoms with van der Waals surface area (Å²) in [6.45, 7) is 2.55. The van der Waals surface area contributed by atoms with Gasteiger partial charge in [-0.15, -0.1) is 11.8 Å². The van der Waals surface area contributed by atoms with Crippen LogP contribution in [0.1, 0.15) is 15.9 Å². The zero-order valence-electron chi connectivity index (χ0n) is 13.5. The van der Waals surface area contributed by atoms with Gasteiger partial charge in [-0.05, 0) is 42.8 Å². The minimum atomic E-state index is -0.489. The normalized spacial score (nSPS) is 10.2. The summed E-state index contributed by atoms with van der Waals surface area (Å²) in [6, 6.07) is 14.3. The van der Waals surface area contributed by atoms with E-state index in [9.17, 15) is 9.59 Å². The Labute approximate surface area is 145 Å². The third-order valence-electron chi connectivity index (χ3n) is 3.27. The number of benzene rings is 2. The summed E-state index contributed by atoms with van der Waals surface area (Å²) in [6.07, 6.45) is 0. The quantitative estimate of drug-likeness (QED) is 0.722. The van der Waals surface area contributed by atoms with Crippen molar-refractivity contribution in [2.45, 2.75) is 6.92 Å². The summed E-state index contributed by atoms with van der Waals surface area (Å²) in [5.41, 5.74) is 7.32. The number of hydrogen-bond acceptors (Lipinski definition) is 4. The number of hydrogen-bond donors (Lipinski definition) is 2. The molecule has 2 aromatic carbocycles. The fourth-order valence-corrected chi connectivity index (χ4v) is 2.61. The maximum absolute atomic E-state index is 11.9. The van der Waals surface area contributed by atoms with Crippen LogP contribution in [0.25, 0.3) is 0 Å². The summed E-state index contributed by atoms with van der Waals surface area (Å²) in [4.78, 5) is 22.8. The molecule has 24 heavy (non-hydrogen) atoms. The first kappa shape index (κ1) is 17.9. The van der Waals surface area contributed by atoms with Gasteiger partial charge in [0.05, 0.1) is 12.4 Å². The van der Waals surface area contributed by atoms with E-state index >= 15 is 0 Å². The van der Waals surface area contributed by atoms with Gasteiger partial charge in [-0.25, -0.2) is 0 Å². The van der Waals surface area contributed by atoms with Crippen molar-refractivity contribution in [3.05, 3.63) is 59.7 Å². The summed E-state index contributed by atoms with van der Waals surface area (Å²) in [5.74, 6) is 1.36. The Kier molecular flexibility index (Phi) is 6.69. The second-order valence-electron chi connectivity index (χ2n) is 5.16. The fraction of sp³-hybridized carbons (Fsp3) is 0.222. The van der Waals surface area contributed by atoms with E-state index in [-0.39, 0.29) is 5.91 Å². The maximum Gasteiger partial charge on any atom is 0.248 e. The molecule has 0 aliphatic rings. The second kappa shape index (κ2) is 8.98. The molecule has 0 heterocycles. The minimum Gasteiger partial charge on any atom is -0.492 e. The Hall–Kier alpha value is -2.47. The number of nitrogens with one attached hydrogen (secondary N) is 1. The van der Waals surface area contributed by atoms with Crippen molar-refractivity contribution in [3.63, 3.8) is 0 Å². The predicted molar refractivity (Wildman–Crippen MR) is 97.6 cm³/mol. The first-order chi connectivity index (χ1) is 11.6. The number of carbonyl (C=O) groups is 2. The standard InChI is InChI=1S/C18H20N2O3S/c1-13-4-2-3-5-16(13)23-10-11-24-12-17(21)20-15-8-6-14(7-9-15)18(19)22/h2-9H,10-12H2,1H3,(H2,19,22)(H,20,21). The molecule has 6 heteroatoms. The lowest BCUT2D eigenvalue weighted by Crippen LogP contribution is -2.16. The molecule has 0 saturated carbocycles. The van der Waals surface area contributed by atoms with E-state index in [1.54, 1.807) is 24.3 Å². The van der Waals surface area contributed by atoms with Gasteiger partial charge in [-0.3, -0.25) is 9.59 Å². The highest BCUT2D eigenvalue weighted by Crippen LogP contribution is 2.16. The van der Waals surface area contributed by atoms with Crippen LogP contribution in [0.15, 0.2) is 48.5 Å². The van der Waals surface area contributed by atoms with Gasteiger partial charge < -0.3 is 15.8 Å². The van der Waals surface area contributed by atoms with Gasteiger partial charge in [0.15, 0.2) is 0 Å². The Morgan fingerprint density at radius 1 is 1.12 bits per heavy atom. The van der Waals surface area contributed by atoms with E-state index < -0.39 is 5.91 Å². The lowest BCUT2D eigenvalue weighted by molar-refractivity contribution is -0.113. The molecule has 0 bridgehead atoms. The number of amides is 2. The van der Waals surface area contributed by atoms with Crippen molar-refractivity contribution < 1.29 is 14.3 Å². The van der Waals surface area contributed by atoms with Crippen LogP contribution in [0.2, 0.25) is 0 Å². The predicted octanol–water partition coefficient (Wildman–Crippen LogP) is 2.84. The zero-order chi connectivity index (χ0) is 17.4. The van der Waals surface area contributed by atoms with Gasteiger partial charge in [0, 0.05) is 17.0 Å². The number of anilines is 1. The molecule has 0 fully saturated rings. The molecule has 0 aromatic heterocycles. The third kappa shape index (κ3) is 5.62. The molecular weight excluding hydrogens is 324 g/mol. The maximum atomic E-state index is 11.9. The first-order valence-electron chi connectivity index (χ1n) is 7.52. The molecular formula is C18H20N2O3S. The van der Waals surface area contributed by atoms with Crippen molar-refractivity contribution in [1.29, 1.82) is 0 Å². The Morgan fingerprint density at radius 2 is 1.83 bits per heavy atom. The molecule has 126 valence electrons. The van der Waals surface area contributed by atoms with E-state index in [4.69, 9.17) is 10.5 Å². The highest BCUT2D eigenvalue weighted by Gasteiger charge is 2.05. The van der Waals surface area contributed by atoms with Gasteiger partial charge in [-0.2, -0.15) is 0 Å². The number of rotatable bonds is 8. The number of para-hydroxylation sites is 1. The van der Waals surface area contributed by atoms with E-state index in [0.29, 0.717) is 23.6 Å². The van der Waals surface area contributed by atoms with Crippen LogP contribution >= 0.6 is 11.8 Å². The smallest absolute Gasteiger partial charge is 0.248 e.